The van der Waals surface area contributed by atoms with Crippen LogP contribution in [-0.4, -0.2) is 21.6 Å². The van der Waals surface area contributed by atoms with Crippen molar-refractivity contribution in [3.63, 3.8) is 0 Å². The Balaban J connectivity index is 1.75. The molecule has 0 spiro atoms. The maximum Gasteiger partial charge on any atom is 0.234 e. The average molecular weight is 351 g/mol. The number of amides is 1. The van der Waals surface area contributed by atoms with E-state index in [-0.39, 0.29) is 11.8 Å². The molecule has 4 nitrogen and oxygen atoms in total. The summed E-state index contributed by atoms with van der Waals surface area (Å²) in [5.74, 6) is 1.32. The lowest BCUT2D eigenvalue weighted by atomic mass is 10.2. The van der Waals surface area contributed by atoms with E-state index in [0.29, 0.717) is 5.75 Å². The highest BCUT2D eigenvalue weighted by molar-refractivity contribution is 8.00. The lowest BCUT2D eigenvalue weighted by Gasteiger charge is -2.10. The summed E-state index contributed by atoms with van der Waals surface area (Å²) in [6, 6.07) is 15.7. The summed E-state index contributed by atoms with van der Waals surface area (Å²) in [6.07, 6.45) is 0. The number of anilines is 1. The number of nitrogens with zero attached hydrogens (tertiary/aromatic N) is 2. The fraction of sp³-hybridized carbons (Fsp3) is 0.250. The van der Waals surface area contributed by atoms with Crippen molar-refractivity contribution < 1.29 is 4.79 Å². The molecule has 2 aromatic carbocycles. The number of para-hydroxylation sites is 1. The number of aryl methyl sites for hydroxylation is 1. The number of aromatic nitrogens is 2. The summed E-state index contributed by atoms with van der Waals surface area (Å²) in [7, 11) is 0. The van der Waals surface area contributed by atoms with E-state index in [0.717, 1.165) is 27.4 Å². The van der Waals surface area contributed by atoms with Crippen molar-refractivity contribution in [2.45, 2.75) is 31.7 Å². The third-order valence-electron chi connectivity index (χ3n) is 3.78. The number of carbonyl (C=O) groups is 1. The molecule has 0 atom stereocenters. The smallest absolute Gasteiger partial charge is 0.234 e. The Kier molecular flexibility index (Phi) is 5.34. The number of thioether (sulfide) groups is 1. The standard InChI is InChI=1S/C20H21N3OS/c1-13(2)19-22-17-7-5-4-6-16(17)20(23-19)25-12-18(24)21-15-10-8-14(3)9-11-15/h4-11,13H,12H2,1-3H3,(H,21,24). The highest BCUT2D eigenvalue weighted by Crippen LogP contribution is 2.27. The van der Waals surface area contributed by atoms with Gasteiger partial charge in [0.2, 0.25) is 5.91 Å². The molecule has 0 unspecified atom stereocenters. The molecule has 0 fully saturated rings. The van der Waals surface area contributed by atoms with Crippen LogP contribution in [0.1, 0.15) is 31.2 Å². The zero-order chi connectivity index (χ0) is 17.8. The van der Waals surface area contributed by atoms with E-state index in [2.05, 4.69) is 29.1 Å². The molecular weight excluding hydrogens is 330 g/mol. The first-order valence-corrected chi connectivity index (χ1v) is 9.27. The average Bonchev–Trinajstić information content (AvgIpc) is 2.61. The van der Waals surface area contributed by atoms with E-state index in [1.807, 2.05) is 55.5 Å². The lowest BCUT2D eigenvalue weighted by Crippen LogP contribution is -2.14. The van der Waals surface area contributed by atoms with E-state index >= 15 is 0 Å². The highest BCUT2D eigenvalue weighted by Gasteiger charge is 2.12. The Morgan fingerprint density at radius 1 is 1.08 bits per heavy atom. The SMILES string of the molecule is Cc1ccc(NC(=O)CSc2nc(C(C)C)nc3ccccc23)cc1. The molecule has 1 aromatic heterocycles. The second kappa shape index (κ2) is 7.66. The van der Waals surface area contributed by atoms with Crippen LogP contribution in [0.4, 0.5) is 5.69 Å². The Morgan fingerprint density at radius 3 is 2.52 bits per heavy atom. The molecule has 0 aliphatic heterocycles. The molecule has 1 heterocycles. The van der Waals surface area contributed by atoms with Gasteiger partial charge in [-0.05, 0) is 25.1 Å². The summed E-state index contributed by atoms with van der Waals surface area (Å²) >= 11 is 1.45. The first-order valence-electron chi connectivity index (χ1n) is 8.29. The van der Waals surface area contributed by atoms with Gasteiger partial charge in [-0.1, -0.05) is 61.5 Å². The number of hydrogen-bond donors (Lipinski definition) is 1. The molecule has 0 radical (unpaired) electrons. The number of benzene rings is 2. The van der Waals surface area contributed by atoms with Crippen LogP contribution in [0.25, 0.3) is 10.9 Å². The minimum Gasteiger partial charge on any atom is -0.325 e. The Labute approximate surface area is 152 Å². The topological polar surface area (TPSA) is 54.9 Å². The van der Waals surface area contributed by atoms with Gasteiger partial charge in [0.05, 0.1) is 11.3 Å². The van der Waals surface area contributed by atoms with Gasteiger partial charge in [0.1, 0.15) is 10.9 Å². The predicted octanol–water partition coefficient (Wildman–Crippen LogP) is 4.79. The minimum absolute atomic E-state index is 0.0392. The molecule has 5 heteroatoms. The van der Waals surface area contributed by atoms with Crippen LogP contribution in [0.5, 0.6) is 0 Å². The van der Waals surface area contributed by atoms with Gasteiger partial charge in [-0.15, -0.1) is 0 Å². The number of hydrogen-bond acceptors (Lipinski definition) is 4. The zero-order valence-electron chi connectivity index (χ0n) is 14.6. The van der Waals surface area contributed by atoms with Crippen LogP contribution >= 0.6 is 11.8 Å². The highest BCUT2D eigenvalue weighted by atomic mass is 32.2. The van der Waals surface area contributed by atoms with Crippen LogP contribution in [0.15, 0.2) is 53.6 Å². The minimum atomic E-state index is -0.0392. The number of nitrogens with one attached hydrogen (secondary N) is 1. The van der Waals surface area contributed by atoms with Crippen LogP contribution in [0.2, 0.25) is 0 Å². The molecule has 0 saturated heterocycles. The van der Waals surface area contributed by atoms with Gasteiger partial charge in [0.25, 0.3) is 0 Å². The first-order chi connectivity index (χ1) is 12.0. The Hall–Kier alpha value is -2.40. The Bertz CT molecular complexity index is 891. The van der Waals surface area contributed by atoms with Crippen molar-refractivity contribution >= 4 is 34.3 Å². The molecule has 0 saturated carbocycles. The van der Waals surface area contributed by atoms with Crippen molar-refractivity contribution in [1.82, 2.24) is 9.97 Å². The van der Waals surface area contributed by atoms with Crippen LogP contribution < -0.4 is 5.32 Å². The summed E-state index contributed by atoms with van der Waals surface area (Å²) in [4.78, 5) is 21.5. The maximum absolute atomic E-state index is 12.3. The third kappa shape index (κ3) is 4.37. The van der Waals surface area contributed by atoms with Crippen molar-refractivity contribution in [3.05, 3.63) is 59.9 Å². The predicted molar refractivity (Wildman–Crippen MR) is 104 cm³/mol. The van der Waals surface area contributed by atoms with E-state index in [1.54, 1.807) is 0 Å². The van der Waals surface area contributed by atoms with Crippen molar-refractivity contribution in [3.8, 4) is 0 Å². The van der Waals surface area contributed by atoms with Gasteiger partial charge in [-0.2, -0.15) is 0 Å². The molecule has 128 valence electrons. The zero-order valence-corrected chi connectivity index (χ0v) is 15.4. The van der Waals surface area contributed by atoms with Crippen molar-refractivity contribution in [2.24, 2.45) is 0 Å². The van der Waals surface area contributed by atoms with Gasteiger partial charge >= 0.3 is 0 Å². The monoisotopic (exact) mass is 351 g/mol. The van der Waals surface area contributed by atoms with Gasteiger partial charge in [-0.25, -0.2) is 9.97 Å². The summed E-state index contributed by atoms with van der Waals surface area (Å²) in [5, 5.41) is 4.76. The quantitative estimate of drug-likeness (QED) is 0.530. The molecule has 3 aromatic rings. The number of carbonyl (C=O) groups excluding carboxylic acids is 1. The molecule has 0 aliphatic rings. The molecule has 1 amide bonds. The van der Waals surface area contributed by atoms with E-state index in [4.69, 9.17) is 0 Å². The third-order valence-corrected chi connectivity index (χ3v) is 4.77. The molecule has 0 bridgehead atoms. The first kappa shape index (κ1) is 17.4. The summed E-state index contributed by atoms with van der Waals surface area (Å²) in [6.45, 7) is 6.17. The maximum atomic E-state index is 12.3. The second-order valence-corrected chi connectivity index (χ2v) is 7.23. The lowest BCUT2D eigenvalue weighted by molar-refractivity contribution is -0.113. The van der Waals surface area contributed by atoms with E-state index < -0.39 is 0 Å². The number of rotatable bonds is 5. The summed E-state index contributed by atoms with van der Waals surface area (Å²) < 4.78 is 0. The molecule has 0 aliphatic carbocycles. The molecule has 3 rings (SSSR count). The van der Waals surface area contributed by atoms with Crippen LogP contribution in [-0.2, 0) is 4.79 Å². The molecule has 1 N–H and O–H groups in total. The number of fused-ring (bicyclic) bond motifs is 1. The molecule has 25 heavy (non-hydrogen) atoms. The Morgan fingerprint density at radius 2 is 1.80 bits per heavy atom. The van der Waals surface area contributed by atoms with Gasteiger partial charge in [0, 0.05) is 17.0 Å². The normalized spacial score (nSPS) is 11.0. The fourth-order valence-electron chi connectivity index (χ4n) is 2.40. The summed E-state index contributed by atoms with van der Waals surface area (Å²) in [5.41, 5.74) is 2.90. The second-order valence-electron chi connectivity index (χ2n) is 6.26. The van der Waals surface area contributed by atoms with Crippen LogP contribution in [0.3, 0.4) is 0 Å². The fourth-order valence-corrected chi connectivity index (χ4v) is 3.23. The van der Waals surface area contributed by atoms with Gasteiger partial charge < -0.3 is 5.32 Å². The van der Waals surface area contributed by atoms with E-state index in [9.17, 15) is 4.79 Å². The largest absolute Gasteiger partial charge is 0.325 e. The van der Waals surface area contributed by atoms with Gasteiger partial charge in [-0.3, -0.25) is 4.79 Å². The van der Waals surface area contributed by atoms with Gasteiger partial charge in [0.15, 0.2) is 0 Å². The van der Waals surface area contributed by atoms with Crippen molar-refractivity contribution in [1.29, 1.82) is 0 Å². The van der Waals surface area contributed by atoms with E-state index in [1.165, 1.54) is 17.3 Å². The molecular formula is C20H21N3OS. The van der Waals surface area contributed by atoms with Crippen molar-refractivity contribution in [2.75, 3.05) is 11.1 Å². The van der Waals surface area contributed by atoms with Crippen LogP contribution in [0, 0.1) is 6.92 Å².